The van der Waals surface area contributed by atoms with Gasteiger partial charge in [0.05, 0.1) is 18.7 Å². The minimum absolute atomic E-state index is 0.0267. The summed E-state index contributed by atoms with van der Waals surface area (Å²) < 4.78 is 0. The van der Waals surface area contributed by atoms with Gasteiger partial charge in [-0.15, -0.1) is 0 Å². The van der Waals surface area contributed by atoms with E-state index in [0.717, 1.165) is 12.8 Å². The van der Waals surface area contributed by atoms with Crippen LogP contribution in [0.5, 0.6) is 0 Å². The Hall–Kier alpha value is -0.610. The summed E-state index contributed by atoms with van der Waals surface area (Å²) in [4.78, 5) is 11.3. The zero-order valence-corrected chi connectivity index (χ0v) is 8.42. The number of hydrogen-bond donors (Lipinski definition) is 3. The van der Waals surface area contributed by atoms with Crippen molar-refractivity contribution < 1.29 is 9.90 Å². The average molecular weight is 188 g/mol. The van der Waals surface area contributed by atoms with Gasteiger partial charge < -0.3 is 16.2 Å². The molecule has 0 fully saturated rings. The van der Waals surface area contributed by atoms with Crippen molar-refractivity contribution in [3.8, 4) is 0 Å². The maximum absolute atomic E-state index is 11.3. The molecule has 0 aromatic rings. The molecule has 2 atom stereocenters. The van der Waals surface area contributed by atoms with Gasteiger partial charge in [0, 0.05) is 0 Å². The van der Waals surface area contributed by atoms with Crippen molar-refractivity contribution in [2.45, 2.75) is 45.2 Å². The molecule has 0 aromatic carbocycles. The van der Waals surface area contributed by atoms with Gasteiger partial charge in [-0.05, 0) is 12.8 Å². The third kappa shape index (κ3) is 4.85. The summed E-state index contributed by atoms with van der Waals surface area (Å²) in [5.74, 6) is -0.164. The maximum Gasteiger partial charge on any atom is 0.237 e. The highest BCUT2D eigenvalue weighted by Crippen LogP contribution is 1.95. The van der Waals surface area contributed by atoms with Crippen LogP contribution in [-0.4, -0.2) is 29.7 Å². The molecular formula is C9H20N2O2. The van der Waals surface area contributed by atoms with Gasteiger partial charge in [0.15, 0.2) is 0 Å². The van der Waals surface area contributed by atoms with Gasteiger partial charge in [0.1, 0.15) is 0 Å². The Kier molecular flexibility index (Phi) is 6.54. The van der Waals surface area contributed by atoms with Crippen LogP contribution in [0, 0.1) is 0 Å². The first kappa shape index (κ1) is 12.4. The predicted molar refractivity (Wildman–Crippen MR) is 52.2 cm³/mol. The van der Waals surface area contributed by atoms with Crippen molar-refractivity contribution in [3.05, 3.63) is 0 Å². The molecule has 0 aliphatic carbocycles. The van der Waals surface area contributed by atoms with Crippen molar-refractivity contribution in [2.24, 2.45) is 5.73 Å². The lowest BCUT2D eigenvalue weighted by Gasteiger charge is -2.17. The van der Waals surface area contributed by atoms with E-state index in [2.05, 4.69) is 5.32 Å². The Labute approximate surface area is 79.5 Å². The number of aliphatic hydroxyl groups excluding tert-OH is 1. The minimum atomic E-state index is -0.439. The lowest BCUT2D eigenvalue weighted by molar-refractivity contribution is -0.123. The average Bonchev–Trinajstić information content (AvgIpc) is 2.14. The highest BCUT2D eigenvalue weighted by Gasteiger charge is 2.15. The van der Waals surface area contributed by atoms with E-state index in [1.807, 2.05) is 13.8 Å². The van der Waals surface area contributed by atoms with Crippen LogP contribution in [0.3, 0.4) is 0 Å². The number of hydrogen-bond acceptors (Lipinski definition) is 3. The molecule has 4 heteroatoms. The summed E-state index contributed by atoms with van der Waals surface area (Å²) in [7, 11) is 0. The van der Waals surface area contributed by atoms with Crippen molar-refractivity contribution in [1.29, 1.82) is 0 Å². The summed E-state index contributed by atoms with van der Waals surface area (Å²) in [6.07, 6.45) is 2.30. The number of carbonyl (C=O) groups is 1. The van der Waals surface area contributed by atoms with Gasteiger partial charge >= 0.3 is 0 Å². The molecule has 0 spiro atoms. The predicted octanol–water partition coefficient (Wildman–Crippen LogP) is 0.000900. The number of rotatable bonds is 6. The number of carbonyl (C=O) groups excluding carboxylic acids is 1. The normalized spacial score (nSPS) is 15.1. The molecule has 0 unspecified atom stereocenters. The molecule has 1 amide bonds. The molecule has 0 bridgehead atoms. The van der Waals surface area contributed by atoms with Crippen molar-refractivity contribution in [3.63, 3.8) is 0 Å². The van der Waals surface area contributed by atoms with E-state index >= 15 is 0 Å². The van der Waals surface area contributed by atoms with E-state index in [1.54, 1.807) is 0 Å². The lowest BCUT2D eigenvalue weighted by Crippen LogP contribution is -2.46. The summed E-state index contributed by atoms with van der Waals surface area (Å²) in [6, 6.07) is -0.596. The second-order valence-electron chi connectivity index (χ2n) is 3.19. The fourth-order valence-corrected chi connectivity index (χ4v) is 1.03. The zero-order chi connectivity index (χ0) is 10.3. The number of amides is 1. The van der Waals surface area contributed by atoms with Crippen molar-refractivity contribution >= 4 is 5.91 Å². The maximum atomic E-state index is 11.3. The van der Waals surface area contributed by atoms with E-state index in [-0.39, 0.29) is 18.6 Å². The highest BCUT2D eigenvalue weighted by molar-refractivity contribution is 5.81. The third-order valence-corrected chi connectivity index (χ3v) is 2.00. The fraction of sp³-hybridized carbons (Fsp3) is 0.889. The van der Waals surface area contributed by atoms with E-state index in [1.165, 1.54) is 0 Å². The van der Waals surface area contributed by atoms with Crippen LogP contribution in [0.1, 0.15) is 33.1 Å². The molecule has 4 nitrogen and oxygen atoms in total. The van der Waals surface area contributed by atoms with Crippen LogP contribution in [-0.2, 0) is 4.79 Å². The Balaban J connectivity index is 3.83. The van der Waals surface area contributed by atoms with E-state index in [0.29, 0.717) is 6.42 Å². The molecule has 0 aliphatic heterocycles. The summed E-state index contributed by atoms with van der Waals surface area (Å²) in [5.41, 5.74) is 5.59. The van der Waals surface area contributed by atoms with Crippen molar-refractivity contribution in [2.75, 3.05) is 6.61 Å². The molecule has 0 radical (unpaired) electrons. The first-order valence-corrected chi connectivity index (χ1v) is 4.82. The molecular weight excluding hydrogens is 168 g/mol. The first-order chi connectivity index (χ1) is 6.15. The first-order valence-electron chi connectivity index (χ1n) is 4.82. The third-order valence-electron chi connectivity index (χ3n) is 2.00. The second-order valence-corrected chi connectivity index (χ2v) is 3.19. The van der Waals surface area contributed by atoms with Crippen LogP contribution < -0.4 is 11.1 Å². The smallest absolute Gasteiger partial charge is 0.237 e. The topological polar surface area (TPSA) is 75.4 Å². The Morgan fingerprint density at radius 1 is 1.54 bits per heavy atom. The lowest BCUT2D eigenvalue weighted by atomic mass is 10.1. The molecule has 0 heterocycles. The fourth-order valence-electron chi connectivity index (χ4n) is 1.03. The highest BCUT2D eigenvalue weighted by atomic mass is 16.3. The summed E-state index contributed by atoms with van der Waals surface area (Å²) in [5, 5.41) is 11.5. The molecule has 0 saturated carbocycles. The number of nitrogens with one attached hydrogen (secondary N) is 1. The molecule has 0 rings (SSSR count). The molecule has 78 valence electrons. The van der Waals surface area contributed by atoms with Gasteiger partial charge in [0.25, 0.3) is 0 Å². The molecule has 13 heavy (non-hydrogen) atoms. The Morgan fingerprint density at radius 2 is 2.15 bits per heavy atom. The zero-order valence-electron chi connectivity index (χ0n) is 8.42. The largest absolute Gasteiger partial charge is 0.394 e. The SMILES string of the molecule is CCC[C@H](N)C(=O)N[C@H](CC)CO. The molecule has 0 aromatic heterocycles. The monoisotopic (exact) mass is 188 g/mol. The van der Waals surface area contributed by atoms with Gasteiger partial charge in [-0.25, -0.2) is 0 Å². The van der Waals surface area contributed by atoms with Crippen LogP contribution in [0.2, 0.25) is 0 Å². The number of aliphatic hydroxyl groups is 1. The number of nitrogens with two attached hydrogens (primary N) is 1. The van der Waals surface area contributed by atoms with Crippen molar-refractivity contribution in [1.82, 2.24) is 5.32 Å². The van der Waals surface area contributed by atoms with Gasteiger partial charge in [-0.3, -0.25) is 4.79 Å². The standard InChI is InChI=1S/C9H20N2O2/c1-3-5-8(10)9(13)11-7(4-2)6-12/h7-8,12H,3-6,10H2,1-2H3,(H,11,13)/t7-,8+/m1/s1. The summed E-state index contributed by atoms with van der Waals surface area (Å²) >= 11 is 0. The van der Waals surface area contributed by atoms with Gasteiger partial charge in [-0.2, -0.15) is 0 Å². The molecule has 0 aliphatic rings. The van der Waals surface area contributed by atoms with E-state index < -0.39 is 6.04 Å². The second kappa shape index (κ2) is 6.86. The van der Waals surface area contributed by atoms with E-state index in [9.17, 15) is 4.79 Å². The Morgan fingerprint density at radius 3 is 2.54 bits per heavy atom. The minimum Gasteiger partial charge on any atom is -0.394 e. The van der Waals surface area contributed by atoms with E-state index in [4.69, 9.17) is 10.8 Å². The Bertz CT molecular complexity index is 147. The van der Waals surface area contributed by atoms with Crippen LogP contribution in [0.25, 0.3) is 0 Å². The summed E-state index contributed by atoms with van der Waals surface area (Å²) in [6.45, 7) is 3.87. The molecule has 4 N–H and O–H groups in total. The van der Waals surface area contributed by atoms with Gasteiger partial charge in [0.2, 0.25) is 5.91 Å². The van der Waals surface area contributed by atoms with Crippen LogP contribution >= 0.6 is 0 Å². The van der Waals surface area contributed by atoms with Gasteiger partial charge in [-0.1, -0.05) is 20.3 Å². The molecule has 0 saturated heterocycles. The van der Waals surface area contributed by atoms with Crippen LogP contribution in [0.4, 0.5) is 0 Å². The van der Waals surface area contributed by atoms with Crippen LogP contribution in [0.15, 0.2) is 0 Å². The quantitative estimate of drug-likeness (QED) is 0.549.